The molecule has 1 unspecified atom stereocenters. The molecule has 0 saturated carbocycles. The molecular weight excluding hydrogens is 304 g/mol. The molecule has 2 aromatic rings. The van der Waals surface area contributed by atoms with Gasteiger partial charge in [-0.15, -0.1) is 0 Å². The zero-order chi connectivity index (χ0) is 17.5. The van der Waals surface area contributed by atoms with Crippen molar-refractivity contribution in [3.63, 3.8) is 0 Å². The van der Waals surface area contributed by atoms with E-state index in [0.29, 0.717) is 30.1 Å². The van der Waals surface area contributed by atoms with Crippen LogP contribution in [0.3, 0.4) is 0 Å². The molecule has 0 fully saturated rings. The van der Waals surface area contributed by atoms with E-state index in [1.54, 1.807) is 35.1 Å². The van der Waals surface area contributed by atoms with Crippen LogP contribution in [0.15, 0.2) is 42.7 Å². The molecule has 0 saturated heterocycles. The molecule has 128 valence electrons. The number of hydrogen-bond donors (Lipinski definition) is 2. The first-order chi connectivity index (χ1) is 11.5. The number of amides is 2. The molecule has 0 spiro atoms. The second kappa shape index (κ2) is 8.29. The van der Waals surface area contributed by atoms with Gasteiger partial charge in [0, 0.05) is 36.6 Å². The van der Waals surface area contributed by atoms with E-state index >= 15 is 0 Å². The van der Waals surface area contributed by atoms with Crippen LogP contribution < -0.4 is 10.6 Å². The first kappa shape index (κ1) is 17.7. The minimum absolute atomic E-state index is 0.0301. The number of anilines is 1. The van der Waals surface area contributed by atoms with Crippen molar-refractivity contribution in [2.75, 3.05) is 11.9 Å². The number of nitrogens with zero attached hydrogens (tertiary/aromatic N) is 2. The van der Waals surface area contributed by atoms with Crippen LogP contribution in [0.2, 0.25) is 0 Å². The number of rotatable bonds is 7. The molecule has 1 heterocycles. The molecule has 0 aliphatic heterocycles. The number of benzene rings is 1. The molecule has 24 heavy (non-hydrogen) atoms. The highest BCUT2D eigenvalue weighted by Crippen LogP contribution is 2.14. The summed E-state index contributed by atoms with van der Waals surface area (Å²) in [6, 6.07) is 8.75. The van der Waals surface area contributed by atoms with E-state index in [-0.39, 0.29) is 17.9 Å². The lowest BCUT2D eigenvalue weighted by atomic mass is 10.1. The number of nitrogens with one attached hydrogen (secondary N) is 2. The molecule has 0 aliphatic carbocycles. The third kappa shape index (κ3) is 5.22. The van der Waals surface area contributed by atoms with Gasteiger partial charge >= 0.3 is 0 Å². The summed E-state index contributed by atoms with van der Waals surface area (Å²) in [5, 5.41) is 9.83. The molecule has 0 bridgehead atoms. The highest BCUT2D eigenvalue weighted by Gasteiger charge is 2.12. The van der Waals surface area contributed by atoms with Crippen LogP contribution in [0, 0.1) is 5.92 Å². The Balaban J connectivity index is 1.93. The molecular formula is C18H24N4O2. The molecule has 0 radical (unpaired) electrons. The van der Waals surface area contributed by atoms with Crippen LogP contribution in [0.5, 0.6) is 0 Å². The highest BCUT2D eigenvalue weighted by atomic mass is 16.2. The van der Waals surface area contributed by atoms with Gasteiger partial charge in [0.2, 0.25) is 5.91 Å². The van der Waals surface area contributed by atoms with Gasteiger partial charge < -0.3 is 10.6 Å². The van der Waals surface area contributed by atoms with Crippen LogP contribution >= 0.6 is 0 Å². The predicted molar refractivity (Wildman–Crippen MR) is 93.8 cm³/mol. The van der Waals surface area contributed by atoms with E-state index < -0.39 is 0 Å². The van der Waals surface area contributed by atoms with E-state index in [2.05, 4.69) is 15.7 Å². The monoisotopic (exact) mass is 328 g/mol. The van der Waals surface area contributed by atoms with Gasteiger partial charge in [0.1, 0.15) is 0 Å². The minimum atomic E-state index is -0.135. The smallest absolute Gasteiger partial charge is 0.251 e. The zero-order valence-corrected chi connectivity index (χ0v) is 14.3. The first-order valence-corrected chi connectivity index (χ1v) is 8.13. The molecule has 2 rings (SSSR count). The standard InChI is InChI=1S/C18H24N4O2/c1-13(2)12-19-18(24)15-6-4-7-16(11-15)21-17(23)10-14(3)22-9-5-8-20-22/h4-9,11,13-14H,10,12H2,1-3H3,(H,19,24)(H,21,23). The van der Waals surface area contributed by atoms with Gasteiger partial charge in [-0.25, -0.2) is 0 Å². The molecule has 6 heteroatoms. The molecule has 1 aromatic heterocycles. The van der Waals surface area contributed by atoms with Crippen molar-refractivity contribution in [3.05, 3.63) is 48.3 Å². The maximum Gasteiger partial charge on any atom is 0.251 e. The van der Waals surface area contributed by atoms with Gasteiger partial charge in [-0.3, -0.25) is 14.3 Å². The van der Waals surface area contributed by atoms with Gasteiger partial charge in [-0.1, -0.05) is 19.9 Å². The van der Waals surface area contributed by atoms with Crippen LogP contribution in [0.25, 0.3) is 0 Å². The average Bonchev–Trinajstić information content (AvgIpc) is 3.07. The van der Waals surface area contributed by atoms with Gasteiger partial charge in [-0.05, 0) is 37.1 Å². The van der Waals surface area contributed by atoms with E-state index in [1.807, 2.05) is 33.0 Å². The first-order valence-electron chi connectivity index (χ1n) is 8.13. The fourth-order valence-electron chi connectivity index (χ4n) is 2.25. The summed E-state index contributed by atoms with van der Waals surface area (Å²) in [4.78, 5) is 24.2. The molecule has 1 atom stereocenters. The Labute approximate surface area is 142 Å². The fraction of sp³-hybridized carbons (Fsp3) is 0.389. The summed E-state index contributed by atoms with van der Waals surface area (Å²) < 4.78 is 1.75. The number of carbonyl (C=O) groups is 2. The van der Waals surface area contributed by atoms with Crippen LogP contribution in [0.4, 0.5) is 5.69 Å². The zero-order valence-electron chi connectivity index (χ0n) is 14.3. The van der Waals surface area contributed by atoms with Crippen molar-refractivity contribution in [2.24, 2.45) is 5.92 Å². The third-order valence-corrected chi connectivity index (χ3v) is 3.54. The third-order valence-electron chi connectivity index (χ3n) is 3.54. The molecule has 1 aromatic carbocycles. The highest BCUT2D eigenvalue weighted by molar-refractivity contribution is 5.97. The fourth-order valence-corrected chi connectivity index (χ4v) is 2.25. The summed E-state index contributed by atoms with van der Waals surface area (Å²) in [5.74, 6) is 0.142. The normalized spacial score (nSPS) is 12.0. The largest absolute Gasteiger partial charge is 0.352 e. The van der Waals surface area contributed by atoms with Crippen molar-refractivity contribution < 1.29 is 9.59 Å². The Hall–Kier alpha value is -2.63. The summed E-state index contributed by atoms with van der Waals surface area (Å²) in [6.07, 6.45) is 3.83. The van der Waals surface area contributed by atoms with Gasteiger partial charge in [0.15, 0.2) is 0 Å². The summed E-state index contributed by atoms with van der Waals surface area (Å²) in [5.41, 5.74) is 1.15. The molecule has 2 amide bonds. The lowest BCUT2D eigenvalue weighted by Crippen LogP contribution is -2.27. The number of carbonyl (C=O) groups excluding carboxylic acids is 2. The lowest BCUT2D eigenvalue weighted by Gasteiger charge is -2.13. The summed E-state index contributed by atoms with van der Waals surface area (Å²) in [7, 11) is 0. The van der Waals surface area contributed by atoms with Crippen LogP contribution in [0.1, 0.15) is 43.6 Å². The van der Waals surface area contributed by atoms with Crippen LogP contribution in [-0.2, 0) is 4.79 Å². The SMILES string of the molecule is CC(C)CNC(=O)c1cccc(NC(=O)CC(C)n2cccn2)c1. The average molecular weight is 328 g/mol. The predicted octanol–water partition coefficient (Wildman–Crippen LogP) is 2.86. The van der Waals surface area contributed by atoms with Crippen molar-refractivity contribution in [1.29, 1.82) is 0 Å². The number of aromatic nitrogens is 2. The topological polar surface area (TPSA) is 76.0 Å². The maximum atomic E-state index is 12.2. The Morgan fingerprint density at radius 3 is 2.67 bits per heavy atom. The quantitative estimate of drug-likeness (QED) is 0.820. The molecule has 0 aliphatic rings. The van der Waals surface area contributed by atoms with E-state index in [4.69, 9.17) is 0 Å². The van der Waals surface area contributed by atoms with E-state index in [9.17, 15) is 9.59 Å². The van der Waals surface area contributed by atoms with Gasteiger partial charge in [0.05, 0.1) is 6.04 Å². The lowest BCUT2D eigenvalue weighted by molar-refractivity contribution is -0.116. The second-order valence-corrected chi connectivity index (χ2v) is 6.27. The number of hydrogen-bond acceptors (Lipinski definition) is 3. The Morgan fingerprint density at radius 2 is 2.00 bits per heavy atom. The maximum absolute atomic E-state index is 12.2. The van der Waals surface area contributed by atoms with Gasteiger partial charge in [-0.2, -0.15) is 5.10 Å². The Kier molecular flexibility index (Phi) is 6.12. The van der Waals surface area contributed by atoms with E-state index in [0.717, 1.165) is 0 Å². The van der Waals surface area contributed by atoms with Crippen molar-refractivity contribution >= 4 is 17.5 Å². The summed E-state index contributed by atoms with van der Waals surface area (Å²) >= 11 is 0. The van der Waals surface area contributed by atoms with Crippen molar-refractivity contribution in [1.82, 2.24) is 15.1 Å². The van der Waals surface area contributed by atoms with Crippen LogP contribution in [-0.4, -0.2) is 28.1 Å². The van der Waals surface area contributed by atoms with Crippen molar-refractivity contribution in [2.45, 2.75) is 33.2 Å². The Morgan fingerprint density at radius 1 is 1.21 bits per heavy atom. The second-order valence-electron chi connectivity index (χ2n) is 6.27. The van der Waals surface area contributed by atoms with Gasteiger partial charge in [0.25, 0.3) is 5.91 Å². The van der Waals surface area contributed by atoms with E-state index in [1.165, 1.54) is 0 Å². The van der Waals surface area contributed by atoms with Crippen molar-refractivity contribution in [3.8, 4) is 0 Å². The molecule has 6 nitrogen and oxygen atoms in total. The molecule has 2 N–H and O–H groups in total. The Bertz CT molecular complexity index is 680. The summed E-state index contributed by atoms with van der Waals surface area (Å²) in [6.45, 7) is 6.63. The minimum Gasteiger partial charge on any atom is -0.352 e.